The average molecular weight is 455 g/mol. The van der Waals surface area contributed by atoms with Gasteiger partial charge in [-0.15, -0.1) is 0 Å². The van der Waals surface area contributed by atoms with Crippen LogP contribution in [0.25, 0.3) is 22.1 Å². The van der Waals surface area contributed by atoms with Gasteiger partial charge in [0.2, 0.25) is 0 Å². The van der Waals surface area contributed by atoms with Gasteiger partial charge in [0.25, 0.3) is 0 Å². The summed E-state index contributed by atoms with van der Waals surface area (Å²) >= 11 is 0. The normalized spacial score (nSPS) is 15.4. The molecule has 2 aromatic heterocycles. The highest BCUT2D eigenvalue weighted by Crippen LogP contribution is 2.33. The van der Waals surface area contributed by atoms with Crippen molar-refractivity contribution in [3.8, 4) is 11.1 Å². The number of likely N-dealkylation sites (tertiary alicyclic amines) is 1. The number of fused-ring (bicyclic) bond motifs is 1. The molecular formula is C29H34N4O. The Bertz CT molecular complexity index is 1200. The summed E-state index contributed by atoms with van der Waals surface area (Å²) in [6.45, 7) is 4.23. The summed E-state index contributed by atoms with van der Waals surface area (Å²) in [6, 6.07) is 19.3. The van der Waals surface area contributed by atoms with Crippen LogP contribution in [0.5, 0.6) is 0 Å². The highest BCUT2D eigenvalue weighted by Gasteiger charge is 2.22. The fraction of sp³-hybridized carbons (Fsp3) is 0.379. The van der Waals surface area contributed by atoms with Gasteiger partial charge in [0.15, 0.2) is 5.58 Å². The molecule has 0 atom stereocenters. The van der Waals surface area contributed by atoms with E-state index in [1.165, 1.54) is 49.0 Å². The molecule has 176 valence electrons. The quantitative estimate of drug-likeness (QED) is 0.337. The number of pyridine rings is 1. The number of piperidine rings is 1. The van der Waals surface area contributed by atoms with Crippen molar-refractivity contribution >= 4 is 11.0 Å². The van der Waals surface area contributed by atoms with Crippen LogP contribution in [0.1, 0.15) is 36.1 Å². The van der Waals surface area contributed by atoms with E-state index in [1.807, 2.05) is 18.5 Å². The summed E-state index contributed by atoms with van der Waals surface area (Å²) in [4.78, 5) is 9.08. The number of hydrogen-bond acceptors (Lipinski definition) is 5. The lowest BCUT2D eigenvalue weighted by Crippen LogP contribution is -2.33. The maximum absolute atomic E-state index is 5.96. The fourth-order valence-corrected chi connectivity index (χ4v) is 5.17. The van der Waals surface area contributed by atoms with Crippen LogP contribution >= 0.6 is 0 Å². The molecule has 0 unspecified atom stereocenters. The van der Waals surface area contributed by atoms with Gasteiger partial charge >= 0.3 is 0 Å². The number of aryl methyl sites for hydroxylation is 1. The number of hydrogen-bond donors (Lipinski definition) is 0. The molecular weight excluding hydrogens is 420 g/mol. The lowest BCUT2D eigenvalue weighted by Gasteiger charge is -2.32. The standard InChI is InChI=1S/C29H34N4O/c1-32(2)21-27-25(24-9-6-16-30-19-24)11-12-26-28(31-34-29(26)27)13-10-22-14-17-33(18-15-22)20-23-7-4-3-5-8-23/h3-9,11-12,16,19,22H,10,13-15,17-18,20-21H2,1-2H3. The van der Waals surface area contributed by atoms with E-state index in [9.17, 15) is 0 Å². The highest BCUT2D eigenvalue weighted by atomic mass is 16.5. The monoisotopic (exact) mass is 454 g/mol. The lowest BCUT2D eigenvalue weighted by atomic mass is 9.90. The Morgan fingerprint density at radius 1 is 1.00 bits per heavy atom. The summed E-state index contributed by atoms with van der Waals surface area (Å²) < 4.78 is 5.96. The van der Waals surface area contributed by atoms with Crippen molar-refractivity contribution in [1.82, 2.24) is 19.9 Å². The van der Waals surface area contributed by atoms with E-state index in [0.29, 0.717) is 0 Å². The molecule has 0 aliphatic carbocycles. The minimum absolute atomic E-state index is 0.759. The van der Waals surface area contributed by atoms with Gasteiger partial charge in [-0.25, -0.2) is 0 Å². The molecule has 1 fully saturated rings. The molecule has 2 aromatic carbocycles. The number of aromatic nitrogens is 2. The number of nitrogens with zero attached hydrogens (tertiary/aromatic N) is 4. The van der Waals surface area contributed by atoms with E-state index in [-0.39, 0.29) is 0 Å². The van der Waals surface area contributed by atoms with Crippen LogP contribution in [-0.4, -0.2) is 47.1 Å². The Kier molecular flexibility index (Phi) is 7.02. The van der Waals surface area contributed by atoms with Crippen LogP contribution in [0.15, 0.2) is 71.5 Å². The number of rotatable bonds is 8. The smallest absolute Gasteiger partial charge is 0.172 e. The molecule has 0 amide bonds. The van der Waals surface area contributed by atoms with E-state index >= 15 is 0 Å². The Hall–Kier alpha value is -3.02. The van der Waals surface area contributed by atoms with Crippen LogP contribution in [0.4, 0.5) is 0 Å². The second-order valence-corrected chi connectivity index (χ2v) is 9.82. The van der Waals surface area contributed by atoms with E-state index < -0.39 is 0 Å². The van der Waals surface area contributed by atoms with Crippen LogP contribution in [0.2, 0.25) is 0 Å². The molecule has 3 heterocycles. The van der Waals surface area contributed by atoms with Crippen LogP contribution < -0.4 is 0 Å². The minimum Gasteiger partial charge on any atom is -0.356 e. The molecule has 5 nitrogen and oxygen atoms in total. The largest absolute Gasteiger partial charge is 0.356 e. The molecule has 0 spiro atoms. The van der Waals surface area contributed by atoms with Crippen LogP contribution in [-0.2, 0) is 19.5 Å². The molecule has 1 saturated heterocycles. The second kappa shape index (κ2) is 10.5. The molecule has 0 saturated carbocycles. The maximum atomic E-state index is 5.96. The Balaban J connectivity index is 1.26. The predicted octanol–water partition coefficient (Wildman–Crippen LogP) is 5.80. The second-order valence-electron chi connectivity index (χ2n) is 9.82. The van der Waals surface area contributed by atoms with Crippen molar-refractivity contribution in [1.29, 1.82) is 0 Å². The molecule has 1 aliphatic rings. The number of benzene rings is 2. The fourth-order valence-electron chi connectivity index (χ4n) is 5.17. The van der Waals surface area contributed by atoms with Crippen molar-refractivity contribution in [2.45, 2.75) is 38.8 Å². The van der Waals surface area contributed by atoms with Crippen molar-refractivity contribution in [2.24, 2.45) is 5.92 Å². The van der Waals surface area contributed by atoms with Gasteiger partial charge < -0.3 is 9.42 Å². The van der Waals surface area contributed by atoms with Gasteiger partial charge in [-0.3, -0.25) is 9.88 Å². The van der Waals surface area contributed by atoms with E-state index in [4.69, 9.17) is 4.52 Å². The van der Waals surface area contributed by atoms with E-state index in [2.05, 4.69) is 82.6 Å². The minimum atomic E-state index is 0.759. The Morgan fingerprint density at radius 2 is 1.82 bits per heavy atom. The maximum Gasteiger partial charge on any atom is 0.172 e. The highest BCUT2D eigenvalue weighted by molar-refractivity contribution is 5.89. The van der Waals surface area contributed by atoms with E-state index in [0.717, 1.165) is 47.7 Å². The first-order valence-corrected chi connectivity index (χ1v) is 12.4. The zero-order valence-electron chi connectivity index (χ0n) is 20.3. The molecule has 4 aromatic rings. The lowest BCUT2D eigenvalue weighted by molar-refractivity contribution is 0.172. The average Bonchev–Trinajstić information content (AvgIpc) is 3.28. The molecule has 5 heteroatoms. The first-order valence-electron chi connectivity index (χ1n) is 12.4. The summed E-state index contributed by atoms with van der Waals surface area (Å²) in [5, 5.41) is 5.69. The Morgan fingerprint density at radius 3 is 2.56 bits per heavy atom. The van der Waals surface area contributed by atoms with E-state index in [1.54, 1.807) is 0 Å². The first-order chi connectivity index (χ1) is 16.7. The third-order valence-electron chi connectivity index (χ3n) is 7.01. The van der Waals surface area contributed by atoms with Gasteiger partial charge in [0.1, 0.15) is 0 Å². The molecule has 5 rings (SSSR count). The molecule has 0 radical (unpaired) electrons. The summed E-state index contributed by atoms with van der Waals surface area (Å²) in [7, 11) is 4.18. The molecule has 0 bridgehead atoms. The topological polar surface area (TPSA) is 45.4 Å². The molecule has 1 aliphatic heterocycles. The summed E-state index contributed by atoms with van der Waals surface area (Å²) in [5.41, 5.74) is 6.89. The van der Waals surface area contributed by atoms with Crippen molar-refractivity contribution in [2.75, 3.05) is 27.2 Å². The van der Waals surface area contributed by atoms with Gasteiger partial charge in [0.05, 0.1) is 5.69 Å². The van der Waals surface area contributed by atoms with Crippen LogP contribution in [0.3, 0.4) is 0 Å². The zero-order valence-corrected chi connectivity index (χ0v) is 20.3. The van der Waals surface area contributed by atoms with Gasteiger partial charge in [-0.1, -0.05) is 47.6 Å². The van der Waals surface area contributed by atoms with Gasteiger partial charge in [-0.2, -0.15) is 0 Å². The van der Waals surface area contributed by atoms with Gasteiger partial charge in [-0.05, 0) is 82.0 Å². The van der Waals surface area contributed by atoms with Crippen molar-refractivity contribution in [3.05, 3.63) is 83.8 Å². The third kappa shape index (κ3) is 5.21. The molecule has 34 heavy (non-hydrogen) atoms. The van der Waals surface area contributed by atoms with Crippen molar-refractivity contribution < 1.29 is 4.52 Å². The van der Waals surface area contributed by atoms with Crippen molar-refractivity contribution in [3.63, 3.8) is 0 Å². The van der Waals surface area contributed by atoms with Crippen LogP contribution in [0, 0.1) is 5.92 Å². The SMILES string of the molecule is CN(C)Cc1c(-c2cccnc2)ccc2c(CCC3CCN(Cc4ccccc4)CC3)noc12. The first kappa shape index (κ1) is 22.8. The summed E-state index contributed by atoms with van der Waals surface area (Å²) in [5.74, 6) is 0.759. The summed E-state index contributed by atoms with van der Waals surface area (Å²) in [6.07, 6.45) is 8.41. The van der Waals surface area contributed by atoms with Gasteiger partial charge in [0, 0.05) is 42.0 Å². The molecule has 0 N–H and O–H groups in total. The predicted molar refractivity (Wildman–Crippen MR) is 137 cm³/mol. The zero-order chi connectivity index (χ0) is 23.3. The third-order valence-corrected chi connectivity index (χ3v) is 7.01. The Labute approximate surface area is 202 Å².